The highest BCUT2D eigenvalue weighted by Gasteiger charge is 2.07. The van der Waals surface area contributed by atoms with Crippen molar-refractivity contribution in [1.82, 2.24) is 30.0 Å². The predicted molar refractivity (Wildman–Crippen MR) is 65.5 cm³/mol. The van der Waals surface area contributed by atoms with Crippen LogP contribution in [0.2, 0.25) is 0 Å². The van der Waals surface area contributed by atoms with Crippen LogP contribution in [0.3, 0.4) is 0 Å². The molecule has 2 heterocycles. The zero-order chi connectivity index (χ0) is 13.5. The van der Waals surface area contributed by atoms with Gasteiger partial charge in [0, 0.05) is 14.1 Å². The molecular formula is C10H16N6O3. The fourth-order valence-corrected chi connectivity index (χ4v) is 0.965. The van der Waals surface area contributed by atoms with E-state index in [1.165, 1.54) is 22.7 Å². The van der Waals surface area contributed by atoms with Gasteiger partial charge in [0.25, 0.3) is 0 Å². The number of carbonyl (C=O) groups is 2. The highest BCUT2D eigenvalue weighted by atomic mass is 16.5. The molecule has 0 unspecified atom stereocenters. The number of carbonyl (C=O) groups excluding carboxylic acids is 2. The highest BCUT2D eigenvalue weighted by Crippen LogP contribution is 1.92. The molecule has 0 radical (unpaired) electrons. The summed E-state index contributed by atoms with van der Waals surface area (Å²) in [4.78, 5) is 20.6. The molecule has 0 saturated heterocycles. The number of ether oxygens (including phenoxy) is 1. The van der Waals surface area contributed by atoms with Crippen LogP contribution in [-0.4, -0.2) is 49.4 Å². The van der Waals surface area contributed by atoms with Gasteiger partial charge in [0.15, 0.2) is 12.0 Å². The van der Waals surface area contributed by atoms with Gasteiger partial charge in [-0.25, -0.2) is 4.79 Å². The molecule has 0 spiro atoms. The van der Waals surface area contributed by atoms with E-state index in [2.05, 4.69) is 25.4 Å². The zero-order valence-electron chi connectivity index (χ0n) is 10.1. The molecule has 19 heavy (non-hydrogen) atoms. The minimum absolute atomic E-state index is 0. The number of aromatic nitrogens is 6. The fraction of sp³-hybridized carbons (Fsp3) is 0.400. The van der Waals surface area contributed by atoms with E-state index in [0.29, 0.717) is 12.0 Å². The van der Waals surface area contributed by atoms with Gasteiger partial charge in [-0.3, -0.25) is 14.2 Å². The van der Waals surface area contributed by atoms with Crippen molar-refractivity contribution in [2.75, 3.05) is 7.11 Å². The van der Waals surface area contributed by atoms with Crippen LogP contribution in [-0.2, 0) is 18.8 Å². The Labute approximate surface area is 110 Å². The van der Waals surface area contributed by atoms with Gasteiger partial charge in [0.2, 0.25) is 0 Å². The van der Waals surface area contributed by atoms with Crippen molar-refractivity contribution in [2.24, 2.45) is 14.1 Å². The number of hydrogen-bond donors (Lipinski definition) is 0. The van der Waals surface area contributed by atoms with E-state index in [0.717, 1.165) is 0 Å². The SMILES string of the molecule is C.COC(=O)c1cn(C)nn1.Cn1cc(C=O)nn1. The summed E-state index contributed by atoms with van der Waals surface area (Å²) in [5.41, 5.74) is 0.595. The van der Waals surface area contributed by atoms with E-state index >= 15 is 0 Å². The van der Waals surface area contributed by atoms with Crippen molar-refractivity contribution in [2.45, 2.75) is 7.43 Å². The van der Waals surface area contributed by atoms with Crippen LogP contribution in [0.1, 0.15) is 28.4 Å². The maximum Gasteiger partial charge on any atom is 0.360 e. The molecule has 0 atom stereocenters. The molecule has 0 aliphatic rings. The summed E-state index contributed by atoms with van der Waals surface area (Å²) in [7, 11) is 4.69. The van der Waals surface area contributed by atoms with Crippen molar-refractivity contribution >= 4 is 12.3 Å². The van der Waals surface area contributed by atoms with Crippen molar-refractivity contribution in [3.8, 4) is 0 Å². The molecule has 2 aromatic heterocycles. The third-order valence-electron chi connectivity index (χ3n) is 1.74. The molecular weight excluding hydrogens is 252 g/mol. The minimum Gasteiger partial charge on any atom is -0.464 e. The lowest BCUT2D eigenvalue weighted by molar-refractivity contribution is 0.0594. The van der Waals surface area contributed by atoms with E-state index in [1.807, 2.05) is 0 Å². The summed E-state index contributed by atoms with van der Waals surface area (Å²) in [6, 6.07) is 0. The largest absolute Gasteiger partial charge is 0.464 e. The molecule has 0 aliphatic carbocycles. The Morgan fingerprint density at radius 2 is 1.79 bits per heavy atom. The second-order valence-corrected chi connectivity index (χ2v) is 3.20. The molecule has 0 amide bonds. The number of aryl methyl sites for hydroxylation is 2. The van der Waals surface area contributed by atoms with Crippen molar-refractivity contribution in [3.63, 3.8) is 0 Å². The number of methoxy groups -OCH3 is 1. The Kier molecular flexibility index (Phi) is 6.65. The fourth-order valence-electron chi connectivity index (χ4n) is 0.965. The Hall–Kier alpha value is -2.58. The Balaban J connectivity index is 0.000000331. The molecule has 104 valence electrons. The van der Waals surface area contributed by atoms with Gasteiger partial charge in [-0.15, -0.1) is 10.2 Å². The number of hydrogen-bond acceptors (Lipinski definition) is 7. The minimum atomic E-state index is -0.465. The number of rotatable bonds is 2. The summed E-state index contributed by atoms with van der Waals surface area (Å²) in [6.07, 6.45) is 3.70. The topological polar surface area (TPSA) is 105 Å². The molecule has 2 aromatic rings. The second kappa shape index (κ2) is 7.69. The van der Waals surface area contributed by atoms with E-state index in [1.54, 1.807) is 20.3 Å². The molecule has 0 bridgehead atoms. The van der Waals surface area contributed by atoms with Crippen LogP contribution in [0.4, 0.5) is 0 Å². The molecule has 2 rings (SSSR count). The molecule has 0 saturated carbocycles. The van der Waals surface area contributed by atoms with E-state index < -0.39 is 5.97 Å². The van der Waals surface area contributed by atoms with Crippen molar-refractivity contribution in [3.05, 3.63) is 23.8 Å². The monoisotopic (exact) mass is 268 g/mol. The average molecular weight is 268 g/mol. The van der Waals surface area contributed by atoms with Gasteiger partial charge in [0.05, 0.1) is 19.5 Å². The normalized spacial score (nSPS) is 8.79. The molecule has 9 nitrogen and oxygen atoms in total. The van der Waals surface area contributed by atoms with Crippen LogP contribution in [0.25, 0.3) is 0 Å². The standard InChI is InChI=1S/C5H7N3O2.C4H5N3O.CH4/c1-8-3-4(6-7-8)5(9)10-2;1-7-2-4(3-8)5-6-7;/h3H,1-2H3;2-3H,1H3;1H4. The summed E-state index contributed by atoms with van der Waals surface area (Å²) < 4.78 is 7.31. The second-order valence-electron chi connectivity index (χ2n) is 3.20. The lowest BCUT2D eigenvalue weighted by atomic mass is 10.5. The molecule has 0 aliphatic heterocycles. The molecule has 0 fully saturated rings. The zero-order valence-corrected chi connectivity index (χ0v) is 10.1. The van der Waals surface area contributed by atoms with Crippen molar-refractivity contribution < 1.29 is 14.3 Å². The maximum absolute atomic E-state index is 10.7. The van der Waals surface area contributed by atoms with Gasteiger partial charge in [-0.05, 0) is 0 Å². The van der Waals surface area contributed by atoms with Crippen LogP contribution in [0.15, 0.2) is 12.4 Å². The lowest BCUT2D eigenvalue weighted by Gasteiger charge is -1.88. The van der Waals surface area contributed by atoms with E-state index in [9.17, 15) is 9.59 Å². The van der Waals surface area contributed by atoms with E-state index in [-0.39, 0.29) is 13.1 Å². The molecule has 9 heteroatoms. The number of esters is 1. The third-order valence-corrected chi connectivity index (χ3v) is 1.74. The first-order valence-electron chi connectivity index (χ1n) is 4.83. The first-order chi connectivity index (χ1) is 8.56. The highest BCUT2D eigenvalue weighted by molar-refractivity contribution is 5.86. The third kappa shape index (κ3) is 5.06. The first-order valence-corrected chi connectivity index (χ1v) is 4.83. The number of nitrogens with zero attached hydrogens (tertiary/aromatic N) is 6. The van der Waals surface area contributed by atoms with Crippen molar-refractivity contribution in [1.29, 1.82) is 0 Å². The molecule has 0 aromatic carbocycles. The van der Waals surface area contributed by atoms with Gasteiger partial charge in [0.1, 0.15) is 5.69 Å². The van der Waals surface area contributed by atoms with Crippen LogP contribution in [0.5, 0.6) is 0 Å². The van der Waals surface area contributed by atoms with Crippen LogP contribution < -0.4 is 0 Å². The van der Waals surface area contributed by atoms with Crippen LogP contribution >= 0.6 is 0 Å². The van der Waals surface area contributed by atoms with Crippen LogP contribution in [0, 0.1) is 0 Å². The summed E-state index contributed by atoms with van der Waals surface area (Å²) in [5, 5.41) is 14.1. The summed E-state index contributed by atoms with van der Waals surface area (Å²) in [5.74, 6) is -0.465. The Morgan fingerprint density at radius 1 is 1.21 bits per heavy atom. The quantitative estimate of drug-likeness (QED) is 0.551. The Bertz CT molecular complexity index is 533. The smallest absolute Gasteiger partial charge is 0.360 e. The first kappa shape index (κ1) is 16.4. The van der Waals surface area contributed by atoms with E-state index in [4.69, 9.17) is 0 Å². The van der Waals surface area contributed by atoms with Gasteiger partial charge in [-0.2, -0.15) is 0 Å². The van der Waals surface area contributed by atoms with Gasteiger partial charge in [-0.1, -0.05) is 17.9 Å². The lowest BCUT2D eigenvalue weighted by Crippen LogP contribution is -2.00. The predicted octanol–water partition coefficient (Wildman–Crippen LogP) is -0.135. The van der Waals surface area contributed by atoms with Gasteiger partial charge < -0.3 is 4.74 Å². The summed E-state index contributed by atoms with van der Waals surface area (Å²) in [6.45, 7) is 0. The van der Waals surface area contributed by atoms with Gasteiger partial charge >= 0.3 is 5.97 Å². The maximum atomic E-state index is 10.7. The number of aldehydes is 1. The Morgan fingerprint density at radius 3 is 2.11 bits per heavy atom. The molecule has 0 N–H and O–H groups in total. The summed E-state index contributed by atoms with van der Waals surface area (Å²) >= 11 is 0. The average Bonchev–Trinajstić information content (AvgIpc) is 2.97.